The fourth-order valence-corrected chi connectivity index (χ4v) is 8.68. The fourth-order valence-electron chi connectivity index (χ4n) is 6.80. The van der Waals surface area contributed by atoms with Crippen LogP contribution in [0.25, 0.3) is 10.9 Å². The highest BCUT2D eigenvalue weighted by molar-refractivity contribution is 8.00. The van der Waals surface area contributed by atoms with Gasteiger partial charge in [0.1, 0.15) is 30.2 Å². The first-order chi connectivity index (χ1) is 24.6. The van der Waals surface area contributed by atoms with Gasteiger partial charge in [-0.1, -0.05) is 5.16 Å². The van der Waals surface area contributed by atoms with E-state index < -0.39 is 52.2 Å². The minimum Gasteiger partial charge on any atom is -0.543 e. The van der Waals surface area contributed by atoms with Crippen LogP contribution in [0.5, 0.6) is 11.5 Å². The first-order valence-electron chi connectivity index (χ1n) is 16.4. The number of nitrogens with one attached hydrogen (secondary N) is 1. The molecule has 0 unspecified atom stereocenters. The first-order valence-corrected chi connectivity index (χ1v) is 18.3. The molecule has 2 aromatic heterocycles. The van der Waals surface area contributed by atoms with Gasteiger partial charge in [-0.25, -0.2) is 9.78 Å². The monoisotopic (exact) mass is 755 g/mol. The summed E-state index contributed by atoms with van der Waals surface area (Å²) >= 11 is 2.27. The third-order valence-electron chi connectivity index (χ3n) is 9.52. The summed E-state index contributed by atoms with van der Waals surface area (Å²) in [5, 5.41) is 49.6. The van der Waals surface area contributed by atoms with Gasteiger partial charge in [0.15, 0.2) is 27.8 Å². The normalized spacial score (nSPS) is 20.1. The number of aromatic nitrogens is 2. The van der Waals surface area contributed by atoms with Gasteiger partial charge in [-0.05, 0) is 26.8 Å². The summed E-state index contributed by atoms with van der Waals surface area (Å²) in [6, 6.07) is 1.45. The van der Waals surface area contributed by atoms with E-state index in [1.807, 2.05) is 11.5 Å². The predicted molar refractivity (Wildman–Crippen MR) is 188 cm³/mol. The van der Waals surface area contributed by atoms with E-state index in [0.29, 0.717) is 40.8 Å². The van der Waals surface area contributed by atoms with Gasteiger partial charge >= 0.3 is 5.97 Å². The zero-order valence-electron chi connectivity index (χ0n) is 28.5. The maximum atomic E-state index is 13.7. The van der Waals surface area contributed by atoms with Crippen molar-refractivity contribution in [3.8, 4) is 11.5 Å². The van der Waals surface area contributed by atoms with E-state index in [4.69, 9.17) is 10.6 Å². The molecular weight excluding hydrogens is 719 g/mol. The Hall–Kier alpha value is -5.14. The van der Waals surface area contributed by atoms with Gasteiger partial charge in [-0.3, -0.25) is 19.3 Å². The number of nitrogens with two attached hydrogens (primary N) is 1. The Morgan fingerprint density at radius 2 is 1.87 bits per heavy atom. The molecule has 276 valence electrons. The first kappa shape index (κ1) is 36.6. The predicted octanol–water partition coefficient (Wildman–Crippen LogP) is 0.270. The van der Waals surface area contributed by atoms with Gasteiger partial charge < -0.3 is 50.2 Å². The van der Waals surface area contributed by atoms with E-state index in [9.17, 15) is 44.4 Å². The molecule has 17 nitrogen and oxygen atoms in total. The molecule has 3 aromatic rings. The summed E-state index contributed by atoms with van der Waals surface area (Å²) in [6.07, 6.45) is 3.41. The zero-order chi connectivity index (χ0) is 37.7. The number of hydrogen-bond acceptors (Lipinski definition) is 14. The lowest BCUT2D eigenvalue weighted by Gasteiger charge is -2.51. The Bertz CT molecular complexity index is 2120. The zero-order valence-corrected chi connectivity index (χ0v) is 30.1. The van der Waals surface area contributed by atoms with Gasteiger partial charge in [0, 0.05) is 48.4 Å². The number of carboxylic acids is 2. The maximum Gasteiger partial charge on any atom is 0.350 e. The van der Waals surface area contributed by atoms with Crippen LogP contribution < -0.4 is 21.6 Å². The highest BCUT2D eigenvalue weighted by Crippen LogP contribution is 2.41. The second kappa shape index (κ2) is 13.8. The largest absolute Gasteiger partial charge is 0.543 e. The SMILES string of the molecule is CCn1cc(C[N+]2(CC3=C(C(=O)[O-])N4C(=O)[C@@H](NC(=O)C(=NOC(C)(C)C(=O)O)c5csc(N)n5)[C@H]4SC3)CCCC2)c(=O)c2cc(O)c(O)cc21. The molecule has 2 amide bonds. The van der Waals surface area contributed by atoms with Crippen molar-refractivity contribution in [1.82, 2.24) is 19.8 Å². The number of thiazole rings is 1. The number of nitrogens with zero attached hydrogens (tertiary/aromatic N) is 5. The molecule has 52 heavy (non-hydrogen) atoms. The second-order valence-corrected chi connectivity index (χ2v) is 15.5. The standard InChI is InChI=1S/C33H37N7O10S2/c1-4-38-11-16(26(43)18-9-21(41)22(42)10-20(18)38)12-40(7-5-6-8-40)13-17-14-51-29-24(28(45)39(29)25(17)30(46)47)36-27(44)23(19-15-52-32(34)35-19)37-50-33(2,3)31(48)49/h9-11,15,24,29H,4-8,12-14H2,1-3H3,(H6-,34,35,36,37,41,42,43,44,46,47,48,49)/t24-,29-/m1/s1. The number of fused-ring (bicyclic) bond motifs is 2. The number of benzene rings is 1. The lowest BCUT2D eigenvalue weighted by Crippen LogP contribution is -2.72. The molecule has 0 aliphatic carbocycles. The van der Waals surface area contributed by atoms with E-state index >= 15 is 0 Å². The highest BCUT2D eigenvalue weighted by Gasteiger charge is 2.54. The molecule has 0 spiro atoms. The third-order valence-corrected chi connectivity index (χ3v) is 11.5. The van der Waals surface area contributed by atoms with Crippen molar-refractivity contribution in [2.75, 3.05) is 31.1 Å². The number of quaternary nitrogens is 1. The lowest BCUT2D eigenvalue weighted by atomic mass is 10.0. The van der Waals surface area contributed by atoms with Crippen LogP contribution in [-0.2, 0) is 37.1 Å². The molecular formula is C33H37N7O10S2. The van der Waals surface area contributed by atoms with Gasteiger partial charge in [0.25, 0.3) is 11.8 Å². The van der Waals surface area contributed by atoms with Crippen LogP contribution in [0.1, 0.15) is 44.9 Å². The van der Waals surface area contributed by atoms with Crippen molar-refractivity contribution in [2.45, 2.75) is 63.7 Å². The van der Waals surface area contributed by atoms with Crippen molar-refractivity contribution >= 4 is 68.6 Å². The van der Waals surface area contributed by atoms with Crippen LogP contribution in [0.3, 0.4) is 0 Å². The lowest BCUT2D eigenvalue weighted by molar-refractivity contribution is -0.925. The minimum absolute atomic E-state index is 0.00888. The van der Waals surface area contributed by atoms with Gasteiger partial charge in [-0.2, -0.15) is 0 Å². The number of rotatable bonds is 12. The Labute approximate surface area is 304 Å². The molecule has 0 bridgehead atoms. The number of phenols is 2. The Morgan fingerprint density at radius 3 is 2.48 bits per heavy atom. The number of carbonyl (C=O) groups is 4. The van der Waals surface area contributed by atoms with Gasteiger partial charge in [0.05, 0.1) is 41.2 Å². The van der Waals surface area contributed by atoms with Gasteiger partial charge in [-0.15, -0.1) is 23.1 Å². The summed E-state index contributed by atoms with van der Waals surface area (Å²) in [7, 11) is 0. The number of carbonyl (C=O) groups excluding carboxylic acids is 3. The summed E-state index contributed by atoms with van der Waals surface area (Å²) in [4.78, 5) is 75.2. The summed E-state index contributed by atoms with van der Waals surface area (Å²) in [6.45, 7) is 6.64. The smallest absolute Gasteiger partial charge is 0.350 e. The van der Waals surface area contributed by atoms with Gasteiger partial charge in [0.2, 0.25) is 5.60 Å². The van der Waals surface area contributed by atoms with Crippen LogP contribution in [0, 0.1) is 0 Å². The van der Waals surface area contributed by atoms with E-state index in [1.165, 1.54) is 43.1 Å². The molecule has 6 N–H and O–H groups in total. The van der Waals surface area contributed by atoms with Crippen molar-refractivity contribution < 1.29 is 48.9 Å². The average Bonchev–Trinajstić information content (AvgIpc) is 3.74. The minimum atomic E-state index is -1.80. The molecule has 0 radical (unpaired) electrons. The average molecular weight is 756 g/mol. The number of nitrogen functional groups attached to an aromatic ring is 1. The summed E-state index contributed by atoms with van der Waals surface area (Å²) in [5.74, 6) is -5.04. The molecule has 19 heteroatoms. The summed E-state index contributed by atoms with van der Waals surface area (Å²) < 4.78 is 2.17. The van der Waals surface area contributed by atoms with E-state index in [0.717, 1.165) is 29.1 Å². The van der Waals surface area contributed by atoms with Crippen LogP contribution in [0.2, 0.25) is 0 Å². The summed E-state index contributed by atoms with van der Waals surface area (Å²) in [5.41, 5.74) is 4.33. The van der Waals surface area contributed by atoms with E-state index in [-0.39, 0.29) is 51.9 Å². The quantitative estimate of drug-likeness (QED) is 0.0548. The number of oxime groups is 1. The van der Waals surface area contributed by atoms with E-state index in [2.05, 4.69) is 15.5 Å². The number of aliphatic carboxylic acids is 2. The Kier molecular flexibility index (Phi) is 9.71. The number of aromatic hydroxyl groups is 2. The van der Waals surface area contributed by atoms with E-state index in [1.54, 1.807) is 6.20 Å². The number of pyridine rings is 1. The number of β-lactam (4-membered cyclic amide) rings is 1. The van der Waals surface area contributed by atoms with Crippen LogP contribution in [0.15, 0.2) is 44.9 Å². The highest BCUT2D eigenvalue weighted by atomic mass is 32.2. The Balaban J connectivity index is 1.26. The molecule has 6 rings (SSSR count). The number of amides is 2. The van der Waals surface area contributed by atoms with Crippen LogP contribution >= 0.6 is 23.1 Å². The molecule has 3 aliphatic heterocycles. The maximum absolute atomic E-state index is 13.7. The number of carboxylic acid groups (broad SMARTS) is 2. The molecule has 5 heterocycles. The molecule has 0 saturated carbocycles. The third kappa shape index (κ3) is 6.66. The number of hydrogen-bond donors (Lipinski definition) is 5. The van der Waals surface area contributed by atoms with Crippen molar-refractivity contribution in [1.29, 1.82) is 0 Å². The van der Waals surface area contributed by atoms with Crippen molar-refractivity contribution in [2.24, 2.45) is 5.16 Å². The molecule has 2 saturated heterocycles. The second-order valence-electron chi connectivity index (χ2n) is 13.5. The molecule has 2 fully saturated rings. The molecule has 1 aromatic carbocycles. The number of aryl methyl sites for hydroxylation is 1. The fraction of sp³-hybridized carbons (Fsp3) is 0.424. The number of thioether (sulfide) groups is 1. The number of anilines is 1. The molecule has 2 atom stereocenters. The number of likely N-dealkylation sites (tertiary alicyclic amines) is 1. The van der Waals surface area contributed by atoms with Crippen LogP contribution in [-0.4, -0.2) is 106 Å². The Morgan fingerprint density at radius 1 is 1.17 bits per heavy atom. The van der Waals surface area contributed by atoms with Crippen molar-refractivity contribution in [3.05, 3.63) is 56.5 Å². The topological polar surface area (TPSA) is 250 Å². The van der Waals surface area contributed by atoms with Crippen molar-refractivity contribution in [3.63, 3.8) is 0 Å². The number of phenolic OH excluding ortho intramolecular Hbond substituents is 2. The molecule has 3 aliphatic rings. The van der Waals surface area contributed by atoms with Crippen LogP contribution in [0.4, 0.5) is 5.13 Å².